The van der Waals surface area contributed by atoms with Crippen molar-refractivity contribution in [1.29, 1.82) is 0 Å². The van der Waals surface area contributed by atoms with Crippen LogP contribution in [0.1, 0.15) is 12.5 Å². The molecule has 0 radical (unpaired) electrons. The second-order valence-corrected chi connectivity index (χ2v) is 5.67. The molecule has 1 aromatic carbocycles. The van der Waals surface area contributed by atoms with Gasteiger partial charge < -0.3 is 9.84 Å². The molecule has 0 aliphatic heterocycles. The third-order valence-corrected chi connectivity index (χ3v) is 3.87. The Hall–Kier alpha value is -2.67. The molecule has 0 fully saturated rings. The number of aromatic nitrogens is 4. The molecule has 7 nitrogen and oxygen atoms in total. The van der Waals surface area contributed by atoms with E-state index in [0.717, 1.165) is 6.42 Å². The van der Waals surface area contributed by atoms with E-state index in [1.165, 1.54) is 22.7 Å². The summed E-state index contributed by atoms with van der Waals surface area (Å²) in [5, 5.41) is 14.6. The first kappa shape index (κ1) is 16.2. The number of fused-ring (bicyclic) bond motifs is 1. The van der Waals surface area contributed by atoms with Crippen molar-refractivity contribution in [2.45, 2.75) is 26.0 Å². The number of hydrogen-bond donors (Lipinski definition) is 1. The summed E-state index contributed by atoms with van der Waals surface area (Å²) in [5.41, 5.74) is 1.47. The highest BCUT2D eigenvalue weighted by Crippen LogP contribution is 2.14. The Balaban J connectivity index is 1.67. The lowest BCUT2D eigenvalue weighted by molar-refractivity contribution is 0.0914. The smallest absolute Gasteiger partial charge is 0.264 e. The number of aliphatic hydroxyl groups excluding tert-OH is 1. The molecule has 2 heterocycles. The summed E-state index contributed by atoms with van der Waals surface area (Å²) in [5.74, 6) is 0.710. The zero-order chi connectivity index (χ0) is 17.1. The Morgan fingerprint density at radius 2 is 2.21 bits per heavy atom. The van der Waals surface area contributed by atoms with E-state index in [2.05, 4.69) is 17.0 Å². The Kier molecular flexibility index (Phi) is 4.61. The lowest BCUT2D eigenvalue weighted by Crippen LogP contribution is -2.30. The molecule has 1 atom stereocenters. The number of rotatable bonds is 6. The summed E-state index contributed by atoms with van der Waals surface area (Å²) in [6.45, 7) is 2.29. The molecule has 24 heavy (non-hydrogen) atoms. The predicted octanol–water partition coefficient (Wildman–Crippen LogP) is 1.13. The zero-order valence-corrected chi connectivity index (χ0v) is 13.7. The van der Waals surface area contributed by atoms with E-state index < -0.39 is 6.10 Å². The van der Waals surface area contributed by atoms with Crippen LogP contribution >= 0.6 is 0 Å². The lowest BCUT2D eigenvalue weighted by Gasteiger charge is -2.14. The quantitative estimate of drug-likeness (QED) is 0.733. The molecule has 0 amide bonds. The molecule has 0 unspecified atom stereocenters. The summed E-state index contributed by atoms with van der Waals surface area (Å²) in [6, 6.07) is 7.74. The minimum absolute atomic E-state index is 0.102. The first-order valence-corrected chi connectivity index (χ1v) is 7.85. The van der Waals surface area contributed by atoms with Gasteiger partial charge in [-0.3, -0.25) is 14.0 Å². The van der Waals surface area contributed by atoms with E-state index in [4.69, 9.17) is 4.74 Å². The van der Waals surface area contributed by atoms with Crippen LogP contribution in [0.5, 0.6) is 5.75 Å². The van der Waals surface area contributed by atoms with Crippen LogP contribution in [0.2, 0.25) is 0 Å². The SMILES string of the molecule is CCc1cccc(OC[C@@H](O)Cn2cnc3c(cnn3C)c2=O)c1. The van der Waals surface area contributed by atoms with Gasteiger partial charge in [0, 0.05) is 7.05 Å². The van der Waals surface area contributed by atoms with Crippen LogP contribution in [0.3, 0.4) is 0 Å². The zero-order valence-electron chi connectivity index (χ0n) is 13.7. The van der Waals surface area contributed by atoms with Gasteiger partial charge in [0.25, 0.3) is 5.56 Å². The Morgan fingerprint density at radius 3 is 3.00 bits per heavy atom. The van der Waals surface area contributed by atoms with Crippen molar-refractivity contribution < 1.29 is 9.84 Å². The van der Waals surface area contributed by atoms with Crippen LogP contribution in [-0.2, 0) is 20.0 Å². The molecule has 7 heteroatoms. The monoisotopic (exact) mass is 328 g/mol. The van der Waals surface area contributed by atoms with Crippen LogP contribution in [0.4, 0.5) is 0 Å². The van der Waals surface area contributed by atoms with Crippen LogP contribution in [0.25, 0.3) is 11.0 Å². The van der Waals surface area contributed by atoms with E-state index in [1.54, 1.807) is 11.7 Å². The van der Waals surface area contributed by atoms with Gasteiger partial charge in [-0.15, -0.1) is 0 Å². The van der Waals surface area contributed by atoms with Gasteiger partial charge in [0.1, 0.15) is 30.2 Å². The van der Waals surface area contributed by atoms with Crippen LogP contribution in [-0.4, -0.2) is 37.1 Å². The van der Waals surface area contributed by atoms with Gasteiger partial charge in [0.15, 0.2) is 5.65 Å². The first-order valence-electron chi connectivity index (χ1n) is 7.85. The van der Waals surface area contributed by atoms with E-state index >= 15 is 0 Å². The van der Waals surface area contributed by atoms with E-state index in [-0.39, 0.29) is 18.7 Å². The maximum atomic E-state index is 12.4. The second-order valence-electron chi connectivity index (χ2n) is 5.67. The number of nitrogens with zero attached hydrogens (tertiary/aromatic N) is 4. The van der Waals surface area contributed by atoms with Gasteiger partial charge in [-0.05, 0) is 24.1 Å². The summed E-state index contributed by atoms with van der Waals surface area (Å²) < 4.78 is 8.53. The van der Waals surface area contributed by atoms with Crippen LogP contribution in [0, 0.1) is 0 Å². The number of benzene rings is 1. The molecule has 0 bridgehead atoms. The van der Waals surface area contributed by atoms with Crippen molar-refractivity contribution in [2.75, 3.05) is 6.61 Å². The van der Waals surface area contributed by atoms with Gasteiger partial charge in [-0.25, -0.2) is 4.98 Å². The maximum Gasteiger partial charge on any atom is 0.264 e. The molecule has 0 spiro atoms. The number of hydrogen-bond acceptors (Lipinski definition) is 5. The fourth-order valence-electron chi connectivity index (χ4n) is 2.52. The van der Waals surface area contributed by atoms with Gasteiger partial charge in [0.05, 0.1) is 12.7 Å². The third kappa shape index (κ3) is 3.30. The molecule has 126 valence electrons. The molecule has 0 aliphatic carbocycles. The van der Waals surface area contributed by atoms with E-state index in [0.29, 0.717) is 16.8 Å². The van der Waals surface area contributed by atoms with Gasteiger partial charge >= 0.3 is 0 Å². The highest BCUT2D eigenvalue weighted by Gasteiger charge is 2.12. The van der Waals surface area contributed by atoms with Gasteiger partial charge in [-0.2, -0.15) is 5.10 Å². The molecule has 3 aromatic rings. The molecule has 0 saturated heterocycles. The molecule has 3 rings (SSSR count). The highest BCUT2D eigenvalue weighted by molar-refractivity contribution is 5.72. The topological polar surface area (TPSA) is 82.2 Å². The lowest BCUT2D eigenvalue weighted by atomic mass is 10.2. The average Bonchev–Trinajstić information content (AvgIpc) is 2.97. The molecular weight excluding hydrogens is 308 g/mol. The summed E-state index contributed by atoms with van der Waals surface area (Å²) in [4.78, 5) is 16.6. The van der Waals surface area contributed by atoms with Crippen molar-refractivity contribution in [3.05, 3.63) is 52.7 Å². The summed E-state index contributed by atoms with van der Waals surface area (Å²) in [6.07, 6.45) is 3.02. The van der Waals surface area contributed by atoms with Crippen molar-refractivity contribution >= 4 is 11.0 Å². The minimum Gasteiger partial charge on any atom is -0.491 e. The van der Waals surface area contributed by atoms with E-state index in [9.17, 15) is 9.90 Å². The van der Waals surface area contributed by atoms with Crippen molar-refractivity contribution in [2.24, 2.45) is 7.05 Å². The number of aliphatic hydroxyl groups is 1. The van der Waals surface area contributed by atoms with Crippen molar-refractivity contribution in [1.82, 2.24) is 19.3 Å². The fourth-order valence-corrected chi connectivity index (χ4v) is 2.52. The molecule has 2 aromatic heterocycles. The van der Waals surface area contributed by atoms with Crippen LogP contribution < -0.4 is 10.3 Å². The molecule has 0 saturated carbocycles. The van der Waals surface area contributed by atoms with Gasteiger partial charge in [0.2, 0.25) is 0 Å². The standard InChI is InChI=1S/C17H20N4O3/c1-3-12-5-4-6-14(7-12)24-10-13(22)9-21-11-18-16-15(17(21)23)8-19-20(16)2/h4-8,11,13,22H,3,9-10H2,1-2H3/t13-/m0/s1. The van der Waals surface area contributed by atoms with Crippen molar-refractivity contribution in [3.63, 3.8) is 0 Å². The van der Waals surface area contributed by atoms with Crippen LogP contribution in [0.15, 0.2) is 41.6 Å². The molecular formula is C17H20N4O3. The van der Waals surface area contributed by atoms with Crippen molar-refractivity contribution in [3.8, 4) is 5.75 Å². The molecule has 1 N–H and O–H groups in total. The van der Waals surface area contributed by atoms with Gasteiger partial charge in [-0.1, -0.05) is 19.1 Å². The first-order chi connectivity index (χ1) is 11.6. The minimum atomic E-state index is -0.816. The Labute approximate surface area is 139 Å². The Morgan fingerprint density at radius 1 is 1.38 bits per heavy atom. The predicted molar refractivity (Wildman–Crippen MR) is 90.1 cm³/mol. The third-order valence-electron chi connectivity index (χ3n) is 3.87. The summed E-state index contributed by atoms with van der Waals surface area (Å²) >= 11 is 0. The largest absolute Gasteiger partial charge is 0.491 e. The summed E-state index contributed by atoms with van der Waals surface area (Å²) in [7, 11) is 1.73. The number of aryl methyl sites for hydroxylation is 2. The second kappa shape index (κ2) is 6.84. The number of ether oxygens (including phenoxy) is 1. The Bertz CT molecular complexity index is 900. The highest BCUT2D eigenvalue weighted by atomic mass is 16.5. The normalized spacial score (nSPS) is 12.5. The fraction of sp³-hybridized carbons (Fsp3) is 0.353. The molecule has 0 aliphatic rings. The average molecular weight is 328 g/mol. The maximum absolute atomic E-state index is 12.4. The van der Waals surface area contributed by atoms with E-state index in [1.807, 2.05) is 24.3 Å².